The third kappa shape index (κ3) is 5.46. The minimum atomic E-state index is -0.754. The van der Waals surface area contributed by atoms with Crippen LogP contribution in [0.4, 0.5) is 11.6 Å². The van der Waals surface area contributed by atoms with E-state index in [1.54, 1.807) is 25.2 Å². The molecule has 0 saturated heterocycles. The zero-order valence-corrected chi connectivity index (χ0v) is 21.6. The van der Waals surface area contributed by atoms with Gasteiger partial charge in [-0.2, -0.15) is 4.98 Å². The summed E-state index contributed by atoms with van der Waals surface area (Å²) in [4.78, 5) is 43.2. The molecule has 0 bridgehead atoms. The molecule has 0 atom stereocenters. The Bertz CT molecular complexity index is 1390. The van der Waals surface area contributed by atoms with E-state index in [1.165, 1.54) is 4.57 Å². The summed E-state index contributed by atoms with van der Waals surface area (Å²) >= 11 is 6.03. The van der Waals surface area contributed by atoms with E-state index in [0.29, 0.717) is 23.6 Å². The van der Waals surface area contributed by atoms with Gasteiger partial charge in [-0.1, -0.05) is 23.7 Å². The first-order valence-corrected chi connectivity index (χ1v) is 12.2. The van der Waals surface area contributed by atoms with Gasteiger partial charge in [0.15, 0.2) is 0 Å². The summed E-state index contributed by atoms with van der Waals surface area (Å²) in [5, 5.41) is 6.33. The highest BCUT2D eigenvalue weighted by Crippen LogP contribution is 2.46. The Labute approximate surface area is 214 Å². The largest absolute Gasteiger partial charge is 0.491 e. The molecule has 1 saturated carbocycles. The van der Waals surface area contributed by atoms with Crippen LogP contribution in [0.5, 0.6) is 5.75 Å². The fourth-order valence-corrected chi connectivity index (χ4v) is 4.22. The van der Waals surface area contributed by atoms with Crippen LogP contribution in [0.1, 0.15) is 37.8 Å². The molecule has 2 aromatic carbocycles. The van der Waals surface area contributed by atoms with Crippen LogP contribution >= 0.6 is 11.6 Å². The van der Waals surface area contributed by atoms with Crippen molar-refractivity contribution in [2.45, 2.75) is 52.8 Å². The zero-order chi connectivity index (χ0) is 26.0. The molecule has 1 heterocycles. The van der Waals surface area contributed by atoms with Crippen molar-refractivity contribution in [2.24, 2.45) is 5.41 Å². The van der Waals surface area contributed by atoms with Crippen molar-refractivity contribution in [1.29, 1.82) is 0 Å². The maximum absolute atomic E-state index is 13.6. The third-order valence-electron chi connectivity index (χ3n) is 6.22. The number of hydrogen-bond donors (Lipinski definition) is 2. The predicted octanol–water partition coefficient (Wildman–Crippen LogP) is 3.47. The summed E-state index contributed by atoms with van der Waals surface area (Å²) in [6.07, 6.45) is 1.26. The average molecular weight is 512 g/mol. The molecule has 190 valence electrons. The molecule has 0 radical (unpaired) electrons. The molecule has 9 nitrogen and oxygen atoms in total. The summed E-state index contributed by atoms with van der Waals surface area (Å²) in [7, 11) is 1.55. The second kappa shape index (κ2) is 10.2. The lowest BCUT2D eigenvalue weighted by Crippen LogP contribution is -2.46. The van der Waals surface area contributed by atoms with Gasteiger partial charge in [-0.3, -0.25) is 9.36 Å². The molecule has 3 aromatic rings. The van der Waals surface area contributed by atoms with Crippen molar-refractivity contribution in [3.63, 3.8) is 0 Å². The summed E-state index contributed by atoms with van der Waals surface area (Å²) in [5.41, 5.74) is 0.355. The highest BCUT2D eigenvalue weighted by atomic mass is 35.5. The molecule has 0 spiro atoms. The first-order chi connectivity index (χ1) is 17.1. The fraction of sp³-hybridized carbons (Fsp3) is 0.385. The number of nitrogens with one attached hydrogen (secondary N) is 2. The normalized spacial score (nSPS) is 13.9. The smallest absolute Gasteiger partial charge is 0.354 e. The number of aromatic nitrogens is 3. The van der Waals surface area contributed by atoms with Gasteiger partial charge in [0.2, 0.25) is 11.9 Å². The van der Waals surface area contributed by atoms with Gasteiger partial charge in [-0.25, -0.2) is 14.2 Å². The fourth-order valence-electron chi connectivity index (χ4n) is 4.09. The molecule has 1 aliphatic carbocycles. The Balaban J connectivity index is 1.74. The molecule has 10 heteroatoms. The molecule has 36 heavy (non-hydrogen) atoms. The number of aryl methyl sites for hydroxylation is 1. The van der Waals surface area contributed by atoms with E-state index in [-0.39, 0.29) is 31.0 Å². The van der Waals surface area contributed by atoms with Gasteiger partial charge in [-0.15, -0.1) is 0 Å². The molecule has 1 fully saturated rings. The van der Waals surface area contributed by atoms with Gasteiger partial charge in [-0.05, 0) is 75.1 Å². The van der Waals surface area contributed by atoms with Crippen molar-refractivity contribution >= 4 is 29.1 Å². The maximum Gasteiger partial charge on any atom is 0.354 e. The van der Waals surface area contributed by atoms with E-state index in [2.05, 4.69) is 15.6 Å². The van der Waals surface area contributed by atoms with E-state index in [0.717, 1.165) is 21.4 Å². The standard InChI is InChI=1S/C26H30ClN5O4/c1-16(2)36-21-10-9-20(13-17(21)3)29-23-30-24(34)32(15-26(11-12-26)22(33)28-4)25(35)31(23)14-18-5-7-19(27)8-6-18/h5-10,13,16H,11-12,14-15H2,1-4H3,(H,28,33)(H,29,30,34). The number of carbonyl (C=O) groups is 1. The minimum Gasteiger partial charge on any atom is -0.491 e. The van der Waals surface area contributed by atoms with Crippen molar-refractivity contribution in [3.8, 4) is 5.75 Å². The maximum atomic E-state index is 13.6. The number of amides is 1. The Kier molecular flexibility index (Phi) is 7.21. The van der Waals surface area contributed by atoms with Crippen molar-refractivity contribution in [3.05, 3.63) is 79.6 Å². The summed E-state index contributed by atoms with van der Waals surface area (Å²) in [6.45, 7) is 5.97. The molecule has 2 N–H and O–H groups in total. The van der Waals surface area contributed by atoms with E-state index < -0.39 is 16.8 Å². The molecule has 0 unspecified atom stereocenters. The van der Waals surface area contributed by atoms with Gasteiger partial charge < -0.3 is 15.4 Å². The number of nitrogens with zero attached hydrogens (tertiary/aromatic N) is 3. The monoisotopic (exact) mass is 511 g/mol. The van der Waals surface area contributed by atoms with Gasteiger partial charge >= 0.3 is 11.4 Å². The van der Waals surface area contributed by atoms with Crippen LogP contribution in [-0.4, -0.2) is 33.2 Å². The van der Waals surface area contributed by atoms with Crippen LogP contribution in [0.25, 0.3) is 0 Å². The van der Waals surface area contributed by atoms with E-state index in [9.17, 15) is 14.4 Å². The Hall–Kier alpha value is -3.59. The lowest BCUT2D eigenvalue weighted by atomic mass is 10.1. The lowest BCUT2D eigenvalue weighted by molar-refractivity contribution is -0.126. The van der Waals surface area contributed by atoms with E-state index >= 15 is 0 Å². The number of halogens is 1. The average Bonchev–Trinajstić information content (AvgIpc) is 3.62. The summed E-state index contributed by atoms with van der Waals surface area (Å²) in [5.74, 6) is 0.679. The molecule has 1 amide bonds. The topological polar surface area (TPSA) is 107 Å². The lowest BCUT2D eigenvalue weighted by Gasteiger charge is -2.19. The van der Waals surface area contributed by atoms with Crippen molar-refractivity contribution in [1.82, 2.24) is 19.4 Å². The van der Waals surface area contributed by atoms with Crippen LogP contribution < -0.4 is 26.7 Å². The number of ether oxygens (including phenoxy) is 1. The number of carbonyl (C=O) groups excluding carboxylic acids is 1. The second-order valence-corrected chi connectivity index (χ2v) is 9.87. The first kappa shape index (κ1) is 25.5. The molecule has 4 rings (SSSR count). The third-order valence-corrected chi connectivity index (χ3v) is 6.47. The number of rotatable bonds is 9. The van der Waals surface area contributed by atoms with Crippen LogP contribution in [0, 0.1) is 12.3 Å². The van der Waals surface area contributed by atoms with Crippen molar-refractivity contribution < 1.29 is 9.53 Å². The van der Waals surface area contributed by atoms with E-state index in [1.807, 2.05) is 45.0 Å². The molecule has 1 aliphatic rings. The van der Waals surface area contributed by atoms with E-state index in [4.69, 9.17) is 16.3 Å². The Morgan fingerprint density at radius 1 is 1.14 bits per heavy atom. The molecular weight excluding hydrogens is 482 g/mol. The zero-order valence-electron chi connectivity index (χ0n) is 20.8. The number of benzene rings is 2. The first-order valence-electron chi connectivity index (χ1n) is 11.8. The van der Waals surface area contributed by atoms with Gasteiger partial charge in [0.25, 0.3) is 0 Å². The van der Waals surface area contributed by atoms with Crippen LogP contribution in [0.2, 0.25) is 5.02 Å². The van der Waals surface area contributed by atoms with Gasteiger partial charge in [0.05, 0.1) is 18.1 Å². The van der Waals surface area contributed by atoms with Gasteiger partial charge in [0, 0.05) is 24.3 Å². The number of anilines is 2. The molecule has 0 aliphatic heterocycles. The van der Waals surface area contributed by atoms with Gasteiger partial charge in [0.1, 0.15) is 5.75 Å². The number of hydrogen-bond acceptors (Lipinski definition) is 6. The Morgan fingerprint density at radius 2 is 1.83 bits per heavy atom. The van der Waals surface area contributed by atoms with Crippen molar-refractivity contribution in [2.75, 3.05) is 12.4 Å². The molecule has 1 aromatic heterocycles. The SMILES string of the molecule is CNC(=O)C1(Cn2c(=O)nc(Nc3ccc(OC(C)C)c(C)c3)n(Cc3ccc(Cl)cc3)c2=O)CC1. The Morgan fingerprint density at radius 3 is 2.42 bits per heavy atom. The predicted molar refractivity (Wildman–Crippen MR) is 139 cm³/mol. The minimum absolute atomic E-state index is 0.0153. The summed E-state index contributed by atoms with van der Waals surface area (Å²) in [6, 6.07) is 12.6. The molecular formula is C26H30ClN5O4. The quantitative estimate of drug-likeness (QED) is 0.455. The van der Waals surface area contributed by atoms with Crippen LogP contribution in [0.15, 0.2) is 52.1 Å². The second-order valence-electron chi connectivity index (χ2n) is 9.43. The van der Waals surface area contributed by atoms with Crippen LogP contribution in [-0.2, 0) is 17.9 Å². The summed E-state index contributed by atoms with van der Waals surface area (Å²) < 4.78 is 8.25. The highest BCUT2D eigenvalue weighted by Gasteiger charge is 2.50. The highest BCUT2D eigenvalue weighted by molar-refractivity contribution is 6.30. The van der Waals surface area contributed by atoms with Crippen LogP contribution in [0.3, 0.4) is 0 Å².